The van der Waals surface area contributed by atoms with Crippen molar-refractivity contribution in [1.29, 1.82) is 5.26 Å². The third kappa shape index (κ3) is 4.08. The zero-order valence-corrected chi connectivity index (χ0v) is 11.8. The van der Waals surface area contributed by atoms with Crippen LogP contribution in [-0.2, 0) is 4.79 Å². The molecule has 1 aromatic carbocycles. The van der Waals surface area contributed by atoms with Crippen LogP contribution in [-0.4, -0.2) is 17.7 Å². The van der Waals surface area contributed by atoms with Gasteiger partial charge >= 0.3 is 0 Å². The molecule has 0 saturated heterocycles. The minimum Gasteiger partial charge on any atom is -0.484 e. The Morgan fingerprint density at radius 2 is 2.14 bits per heavy atom. The van der Waals surface area contributed by atoms with Crippen molar-refractivity contribution in [3.05, 3.63) is 41.6 Å². The lowest BCUT2D eigenvalue weighted by Crippen LogP contribution is -2.19. The van der Waals surface area contributed by atoms with Crippen molar-refractivity contribution in [1.82, 2.24) is 5.16 Å². The Kier molecular flexibility index (Phi) is 4.57. The summed E-state index contributed by atoms with van der Waals surface area (Å²) in [6.07, 6.45) is 0. The van der Waals surface area contributed by atoms with Gasteiger partial charge in [0.25, 0.3) is 5.91 Å². The highest BCUT2D eigenvalue weighted by atomic mass is 16.5. The molecule has 0 spiro atoms. The molecule has 1 aromatic heterocycles. The van der Waals surface area contributed by atoms with Crippen LogP contribution in [0.1, 0.15) is 31.0 Å². The number of rotatable bonds is 5. The molecule has 2 aromatic rings. The number of benzene rings is 1. The van der Waals surface area contributed by atoms with Crippen LogP contribution in [0, 0.1) is 11.3 Å². The Balaban J connectivity index is 1.85. The van der Waals surface area contributed by atoms with Gasteiger partial charge in [0.1, 0.15) is 5.75 Å². The quantitative estimate of drug-likeness (QED) is 0.912. The van der Waals surface area contributed by atoms with Crippen molar-refractivity contribution in [3.8, 4) is 11.8 Å². The van der Waals surface area contributed by atoms with E-state index in [1.54, 1.807) is 30.3 Å². The van der Waals surface area contributed by atoms with Crippen LogP contribution in [0.25, 0.3) is 0 Å². The first-order valence-corrected chi connectivity index (χ1v) is 6.48. The van der Waals surface area contributed by atoms with Crippen LogP contribution >= 0.6 is 0 Å². The molecule has 6 heteroatoms. The Labute approximate surface area is 122 Å². The molecule has 1 heterocycles. The van der Waals surface area contributed by atoms with Gasteiger partial charge in [0.2, 0.25) is 5.88 Å². The maximum atomic E-state index is 11.7. The van der Waals surface area contributed by atoms with Crippen molar-refractivity contribution < 1.29 is 14.1 Å². The van der Waals surface area contributed by atoms with Gasteiger partial charge in [-0.25, -0.2) is 0 Å². The van der Waals surface area contributed by atoms with Crippen LogP contribution in [0.3, 0.4) is 0 Å². The second kappa shape index (κ2) is 6.57. The van der Waals surface area contributed by atoms with Gasteiger partial charge in [-0.1, -0.05) is 19.0 Å². The first-order chi connectivity index (χ1) is 10.1. The highest BCUT2D eigenvalue weighted by Crippen LogP contribution is 2.17. The van der Waals surface area contributed by atoms with E-state index < -0.39 is 0 Å². The van der Waals surface area contributed by atoms with Gasteiger partial charge in [-0.05, 0) is 30.2 Å². The Hall–Kier alpha value is -2.81. The molecule has 0 saturated carbocycles. The van der Waals surface area contributed by atoms with E-state index in [0.717, 1.165) is 5.69 Å². The number of aromatic nitrogens is 1. The molecule has 0 aliphatic carbocycles. The third-order valence-corrected chi connectivity index (χ3v) is 2.74. The molecule has 108 valence electrons. The molecular formula is C15H15N3O3. The summed E-state index contributed by atoms with van der Waals surface area (Å²) in [6, 6.07) is 10.2. The molecule has 1 amide bonds. The zero-order chi connectivity index (χ0) is 15.2. The van der Waals surface area contributed by atoms with E-state index in [9.17, 15) is 4.79 Å². The van der Waals surface area contributed by atoms with E-state index in [0.29, 0.717) is 17.2 Å². The van der Waals surface area contributed by atoms with E-state index in [1.807, 2.05) is 19.9 Å². The minimum atomic E-state index is -0.342. The number of carbonyl (C=O) groups is 1. The number of amides is 1. The summed E-state index contributed by atoms with van der Waals surface area (Å²) in [5.74, 6) is 0.705. The monoisotopic (exact) mass is 285 g/mol. The average Bonchev–Trinajstić information content (AvgIpc) is 2.94. The molecule has 0 unspecified atom stereocenters. The molecular weight excluding hydrogens is 270 g/mol. The molecule has 6 nitrogen and oxygen atoms in total. The van der Waals surface area contributed by atoms with E-state index >= 15 is 0 Å². The van der Waals surface area contributed by atoms with Gasteiger partial charge < -0.3 is 9.26 Å². The predicted molar refractivity (Wildman–Crippen MR) is 75.9 cm³/mol. The predicted octanol–water partition coefficient (Wildman–Crippen LogP) is 2.69. The minimum absolute atomic E-state index is 0.149. The van der Waals surface area contributed by atoms with E-state index in [4.69, 9.17) is 14.5 Å². The summed E-state index contributed by atoms with van der Waals surface area (Å²) >= 11 is 0. The number of carbonyl (C=O) groups excluding carboxylic acids is 1. The molecule has 0 bridgehead atoms. The topological polar surface area (TPSA) is 88.1 Å². The fraction of sp³-hybridized carbons (Fsp3) is 0.267. The number of ether oxygens (including phenoxy) is 1. The highest BCUT2D eigenvalue weighted by molar-refractivity contribution is 5.90. The summed E-state index contributed by atoms with van der Waals surface area (Å²) in [5.41, 5.74) is 1.31. The van der Waals surface area contributed by atoms with Crippen molar-refractivity contribution in [2.45, 2.75) is 19.8 Å². The van der Waals surface area contributed by atoms with Crippen molar-refractivity contribution in [2.24, 2.45) is 0 Å². The summed E-state index contributed by atoms with van der Waals surface area (Å²) < 4.78 is 10.3. The lowest BCUT2D eigenvalue weighted by molar-refractivity contribution is -0.118. The van der Waals surface area contributed by atoms with E-state index in [-0.39, 0.29) is 18.4 Å². The molecule has 0 atom stereocenters. The van der Waals surface area contributed by atoms with E-state index in [2.05, 4.69) is 10.5 Å². The van der Waals surface area contributed by atoms with Gasteiger partial charge in [0, 0.05) is 6.07 Å². The Bertz CT molecular complexity index is 654. The molecule has 2 rings (SSSR count). The summed E-state index contributed by atoms with van der Waals surface area (Å²) in [5, 5.41) is 15.1. The Morgan fingerprint density at radius 3 is 2.71 bits per heavy atom. The molecule has 0 aliphatic rings. The number of hydrogen-bond acceptors (Lipinski definition) is 5. The maximum absolute atomic E-state index is 11.7. The number of hydrogen-bond donors (Lipinski definition) is 1. The van der Waals surface area contributed by atoms with Gasteiger partial charge in [-0.15, -0.1) is 0 Å². The lowest BCUT2D eigenvalue weighted by atomic mass is 10.1. The van der Waals surface area contributed by atoms with Crippen molar-refractivity contribution in [2.75, 3.05) is 11.9 Å². The smallest absolute Gasteiger partial charge is 0.264 e. The van der Waals surface area contributed by atoms with Gasteiger partial charge in [0.05, 0.1) is 17.3 Å². The maximum Gasteiger partial charge on any atom is 0.264 e. The largest absolute Gasteiger partial charge is 0.484 e. The van der Waals surface area contributed by atoms with E-state index in [1.165, 1.54) is 0 Å². The molecule has 21 heavy (non-hydrogen) atoms. The second-order valence-electron chi connectivity index (χ2n) is 4.74. The second-order valence-corrected chi connectivity index (χ2v) is 4.74. The normalized spacial score (nSPS) is 10.2. The fourth-order valence-corrected chi connectivity index (χ4v) is 1.57. The molecule has 0 radical (unpaired) electrons. The van der Waals surface area contributed by atoms with Crippen LogP contribution in [0.5, 0.6) is 5.75 Å². The SMILES string of the molecule is CC(C)c1cc(NC(=O)COc2ccc(C#N)cc2)on1. The third-order valence-electron chi connectivity index (χ3n) is 2.74. The molecule has 0 aliphatic heterocycles. The average molecular weight is 285 g/mol. The van der Waals surface area contributed by atoms with Crippen LogP contribution in [0.4, 0.5) is 5.88 Å². The summed E-state index contributed by atoms with van der Waals surface area (Å²) in [6.45, 7) is 3.82. The fourth-order valence-electron chi connectivity index (χ4n) is 1.57. The van der Waals surface area contributed by atoms with Crippen molar-refractivity contribution >= 4 is 11.8 Å². The van der Waals surface area contributed by atoms with Crippen LogP contribution in [0.2, 0.25) is 0 Å². The number of nitriles is 1. The molecule has 1 N–H and O–H groups in total. The number of nitrogens with one attached hydrogen (secondary N) is 1. The first kappa shape index (κ1) is 14.6. The van der Waals surface area contributed by atoms with Gasteiger partial charge in [-0.2, -0.15) is 5.26 Å². The lowest BCUT2D eigenvalue weighted by Gasteiger charge is -2.05. The van der Waals surface area contributed by atoms with Crippen LogP contribution < -0.4 is 10.1 Å². The molecule has 0 fully saturated rings. The van der Waals surface area contributed by atoms with Crippen molar-refractivity contribution in [3.63, 3.8) is 0 Å². The zero-order valence-electron chi connectivity index (χ0n) is 11.8. The highest BCUT2D eigenvalue weighted by Gasteiger charge is 2.10. The summed E-state index contributed by atoms with van der Waals surface area (Å²) in [4.78, 5) is 11.7. The summed E-state index contributed by atoms with van der Waals surface area (Å²) in [7, 11) is 0. The standard InChI is InChI=1S/C15H15N3O3/c1-10(2)13-7-15(21-18-13)17-14(19)9-20-12-5-3-11(8-16)4-6-12/h3-7,10H,9H2,1-2H3,(H,17,19). The van der Waals surface area contributed by atoms with Crippen LogP contribution in [0.15, 0.2) is 34.9 Å². The number of nitrogens with zero attached hydrogens (tertiary/aromatic N) is 2. The first-order valence-electron chi connectivity index (χ1n) is 6.48. The van der Waals surface area contributed by atoms with Gasteiger partial charge in [-0.3, -0.25) is 10.1 Å². The van der Waals surface area contributed by atoms with Gasteiger partial charge in [0.15, 0.2) is 6.61 Å². The Morgan fingerprint density at radius 1 is 1.43 bits per heavy atom. The number of anilines is 1.